The second-order valence-corrected chi connectivity index (χ2v) is 8.03. The highest BCUT2D eigenvalue weighted by molar-refractivity contribution is 5.89. The molecule has 6 nitrogen and oxygen atoms in total. The van der Waals surface area contributed by atoms with Crippen molar-refractivity contribution in [2.45, 2.75) is 38.5 Å². The van der Waals surface area contributed by atoms with Crippen LogP contribution in [-0.2, 0) is 6.42 Å². The van der Waals surface area contributed by atoms with Crippen LogP contribution in [0.4, 0.5) is 10.6 Å². The molecule has 1 fully saturated rings. The third-order valence-electron chi connectivity index (χ3n) is 6.17. The third kappa shape index (κ3) is 3.43. The van der Waals surface area contributed by atoms with E-state index < -0.39 is 0 Å². The third-order valence-corrected chi connectivity index (χ3v) is 6.17. The molecule has 2 amide bonds. The smallest absolute Gasteiger partial charge is 0.323 e. The highest BCUT2D eigenvalue weighted by atomic mass is 16.5. The van der Waals surface area contributed by atoms with Crippen molar-refractivity contribution in [3.63, 3.8) is 0 Å². The zero-order valence-corrected chi connectivity index (χ0v) is 16.7. The van der Waals surface area contributed by atoms with Crippen molar-refractivity contribution in [3.8, 4) is 5.75 Å². The average Bonchev–Trinajstić information content (AvgIpc) is 3.09. The standard InChI is InChI=1S/C23H26N4O2/c1-15-22(18-6-2-3-7-19(18)25-15)16-8-10-27(11-9-16)23(28)26-21-13-17-5-4-12-29-20(17)14-24-21/h2-3,6-7,13-14,16,25H,4-5,8-12H2,1H3,(H,24,26,28). The van der Waals surface area contributed by atoms with Gasteiger partial charge in [-0.15, -0.1) is 0 Å². The van der Waals surface area contributed by atoms with Gasteiger partial charge in [-0.25, -0.2) is 9.78 Å². The monoisotopic (exact) mass is 390 g/mol. The number of benzene rings is 1. The number of aromatic amines is 1. The molecule has 1 aromatic carbocycles. The number of carbonyl (C=O) groups is 1. The number of pyridine rings is 1. The number of hydrogen-bond donors (Lipinski definition) is 2. The van der Waals surface area contributed by atoms with Gasteiger partial charge in [-0.1, -0.05) is 18.2 Å². The first-order valence-corrected chi connectivity index (χ1v) is 10.4. The predicted molar refractivity (Wildman–Crippen MR) is 114 cm³/mol. The van der Waals surface area contributed by atoms with Crippen molar-refractivity contribution in [2.75, 3.05) is 25.0 Å². The number of urea groups is 1. The van der Waals surface area contributed by atoms with Crippen LogP contribution in [0.25, 0.3) is 10.9 Å². The number of ether oxygens (including phenoxy) is 1. The summed E-state index contributed by atoms with van der Waals surface area (Å²) in [5.74, 6) is 1.92. The molecule has 2 aliphatic heterocycles. The number of anilines is 1. The van der Waals surface area contributed by atoms with Crippen LogP contribution in [0.15, 0.2) is 36.5 Å². The Morgan fingerprint density at radius 3 is 2.97 bits per heavy atom. The SMILES string of the molecule is Cc1[nH]c2ccccc2c1C1CCN(C(=O)Nc2cc3c(cn2)OCCC3)CC1. The summed E-state index contributed by atoms with van der Waals surface area (Å²) in [5.41, 5.74) is 4.98. The van der Waals surface area contributed by atoms with Crippen molar-refractivity contribution in [3.05, 3.63) is 53.3 Å². The lowest BCUT2D eigenvalue weighted by atomic mass is 9.87. The molecule has 2 aliphatic rings. The molecule has 3 aromatic rings. The van der Waals surface area contributed by atoms with Crippen molar-refractivity contribution < 1.29 is 9.53 Å². The summed E-state index contributed by atoms with van der Waals surface area (Å²) in [6.45, 7) is 4.40. The van der Waals surface area contributed by atoms with Gasteiger partial charge in [0.15, 0.2) is 0 Å². The van der Waals surface area contributed by atoms with Crippen molar-refractivity contribution in [1.82, 2.24) is 14.9 Å². The minimum atomic E-state index is -0.0664. The molecular weight excluding hydrogens is 364 g/mol. The van der Waals surface area contributed by atoms with E-state index in [2.05, 4.69) is 46.5 Å². The molecule has 1 saturated heterocycles. The number of piperidine rings is 1. The van der Waals surface area contributed by atoms with E-state index in [0.29, 0.717) is 11.7 Å². The number of nitrogens with zero attached hydrogens (tertiary/aromatic N) is 2. The number of aromatic nitrogens is 2. The molecular formula is C23H26N4O2. The first kappa shape index (κ1) is 18.0. The first-order chi connectivity index (χ1) is 14.2. The number of rotatable bonds is 2. The van der Waals surface area contributed by atoms with Gasteiger partial charge in [-0.2, -0.15) is 0 Å². The Labute approximate surface area is 170 Å². The van der Waals surface area contributed by atoms with E-state index in [0.717, 1.165) is 56.7 Å². The fraction of sp³-hybridized carbons (Fsp3) is 0.391. The largest absolute Gasteiger partial charge is 0.492 e. The van der Waals surface area contributed by atoms with E-state index in [9.17, 15) is 4.79 Å². The van der Waals surface area contributed by atoms with E-state index in [1.54, 1.807) is 6.20 Å². The quantitative estimate of drug-likeness (QED) is 0.671. The molecule has 29 heavy (non-hydrogen) atoms. The van der Waals surface area contributed by atoms with Gasteiger partial charge in [-0.05, 0) is 61.8 Å². The molecule has 0 bridgehead atoms. The van der Waals surface area contributed by atoms with Crippen molar-refractivity contribution in [2.24, 2.45) is 0 Å². The van der Waals surface area contributed by atoms with Gasteiger partial charge in [0.1, 0.15) is 11.6 Å². The minimum Gasteiger partial charge on any atom is -0.492 e. The Kier molecular flexibility index (Phi) is 4.62. The first-order valence-electron chi connectivity index (χ1n) is 10.4. The zero-order valence-electron chi connectivity index (χ0n) is 16.7. The van der Waals surface area contributed by atoms with Gasteiger partial charge in [-0.3, -0.25) is 5.32 Å². The molecule has 6 heteroatoms. The number of fused-ring (bicyclic) bond motifs is 2. The van der Waals surface area contributed by atoms with E-state index in [1.807, 2.05) is 11.0 Å². The van der Waals surface area contributed by atoms with Crippen LogP contribution in [0.2, 0.25) is 0 Å². The van der Waals surface area contributed by atoms with Crippen LogP contribution < -0.4 is 10.1 Å². The molecule has 0 radical (unpaired) electrons. The van der Waals surface area contributed by atoms with Crippen LogP contribution >= 0.6 is 0 Å². The van der Waals surface area contributed by atoms with E-state index >= 15 is 0 Å². The van der Waals surface area contributed by atoms with Gasteiger partial charge in [0.05, 0.1) is 12.8 Å². The summed E-state index contributed by atoms with van der Waals surface area (Å²) < 4.78 is 5.60. The second kappa shape index (κ2) is 7.43. The molecule has 2 N–H and O–H groups in total. The molecule has 2 aromatic heterocycles. The minimum absolute atomic E-state index is 0.0664. The summed E-state index contributed by atoms with van der Waals surface area (Å²) in [6.07, 6.45) is 5.64. The predicted octanol–water partition coefficient (Wildman–Crippen LogP) is 4.61. The molecule has 150 valence electrons. The highest BCUT2D eigenvalue weighted by Gasteiger charge is 2.27. The molecule has 4 heterocycles. The second-order valence-electron chi connectivity index (χ2n) is 8.03. The molecule has 0 unspecified atom stereocenters. The van der Waals surface area contributed by atoms with E-state index in [-0.39, 0.29) is 6.03 Å². The van der Waals surface area contributed by atoms with Gasteiger partial charge in [0.25, 0.3) is 0 Å². The highest BCUT2D eigenvalue weighted by Crippen LogP contribution is 2.35. The number of para-hydroxylation sites is 1. The summed E-state index contributed by atoms with van der Waals surface area (Å²) >= 11 is 0. The Balaban J connectivity index is 1.24. The Morgan fingerprint density at radius 1 is 1.28 bits per heavy atom. The topological polar surface area (TPSA) is 70.2 Å². The maximum absolute atomic E-state index is 12.7. The average molecular weight is 390 g/mol. The van der Waals surface area contributed by atoms with Gasteiger partial charge < -0.3 is 14.6 Å². The van der Waals surface area contributed by atoms with E-state index in [1.165, 1.54) is 22.2 Å². The van der Waals surface area contributed by atoms with Crippen LogP contribution in [-0.4, -0.2) is 40.6 Å². The lowest BCUT2D eigenvalue weighted by Gasteiger charge is -2.32. The molecule has 0 spiro atoms. The lowest BCUT2D eigenvalue weighted by molar-refractivity contribution is 0.194. The Morgan fingerprint density at radius 2 is 2.10 bits per heavy atom. The van der Waals surface area contributed by atoms with Gasteiger partial charge in [0.2, 0.25) is 0 Å². The Hall–Kier alpha value is -3.02. The lowest BCUT2D eigenvalue weighted by Crippen LogP contribution is -2.40. The molecule has 5 rings (SSSR count). The fourth-order valence-electron chi connectivity index (χ4n) is 4.71. The normalized spacial score (nSPS) is 17.1. The molecule has 0 aliphatic carbocycles. The molecule has 0 atom stereocenters. The number of aryl methyl sites for hydroxylation is 2. The zero-order chi connectivity index (χ0) is 19.8. The van der Waals surface area contributed by atoms with Crippen LogP contribution in [0.1, 0.15) is 42.0 Å². The van der Waals surface area contributed by atoms with Gasteiger partial charge in [0, 0.05) is 29.7 Å². The fourth-order valence-corrected chi connectivity index (χ4v) is 4.71. The maximum Gasteiger partial charge on any atom is 0.323 e. The van der Waals surface area contributed by atoms with Crippen LogP contribution in [0.3, 0.4) is 0 Å². The summed E-state index contributed by atoms with van der Waals surface area (Å²) in [7, 11) is 0. The number of likely N-dealkylation sites (tertiary alicyclic amines) is 1. The number of amides is 2. The summed E-state index contributed by atoms with van der Waals surface area (Å²) in [4.78, 5) is 22.5. The van der Waals surface area contributed by atoms with Crippen molar-refractivity contribution >= 4 is 22.8 Å². The maximum atomic E-state index is 12.7. The number of H-pyrrole nitrogens is 1. The number of nitrogens with one attached hydrogen (secondary N) is 2. The van der Waals surface area contributed by atoms with Crippen molar-refractivity contribution in [1.29, 1.82) is 0 Å². The summed E-state index contributed by atoms with van der Waals surface area (Å²) in [5, 5.41) is 4.28. The Bertz CT molecular complexity index is 1050. The number of carbonyl (C=O) groups excluding carboxylic acids is 1. The van der Waals surface area contributed by atoms with Crippen LogP contribution in [0.5, 0.6) is 5.75 Å². The van der Waals surface area contributed by atoms with Gasteiger partial charge >= 0.3 is 6.03 Å². The van der Waals surface area contributed by atoms with E-state index in [4.69, 9.17) is 4.74 Å². The van der Waals surface area contributed by atoms with Crippen LogP contribution in [0, 0.1) is 6.92 Å². The molecule has 0 saturated carbocycles. The summed E-state index contributed by atoms with van der Waals surface area (Å²) in [6, 6.07) is 10.4. The number of hydrogen-bond acceptors (Lipinski definition) is 3.